The van der Waals surface area contributed by atoms with Crippen LogP contribution in [0.4, 0.5) is 0 Å². The van der Waals surface area contributed by atoms with E-state index in [-0.39, 0.29) is 23.2 Å². The number of rotatable bonds is 6. The molecular formula is C22H26N4O2. The number of piperidine rings is 1. The van der Waals surface area contributed by atoms with Crippen LogP contribution in [0.5, 0.6) is 0 Å². The van der Waals surface area contributed by atoms with Crippen molar-refractivity contribution in [3.8, 4) is 0 Å². The number of amides is 2. The van der Waals surface area contributed by atoms with Crippen LogP contribution in [0.15, 0.2) is 48.8 Å². The van der Waals surface area contributed by atoms with Gasteiger partial charge < -0.3 is 9.80 Å². The van der Waals surface area contributed by atoms with Gasteiger partial charge in [-0.25, -0.2) is 9.97 Å². The summed E-state index contributed by atoms with van der Waals surface area (Å²) < 4.78 is 0. The van der Waals surface area contributed by atoms with Crippen molar-refractivity contribution in [1.29, 1.82) is 0 Å². The van der Waals surface area contributed by atoms with Crippen LogP contribution in [0.2, 0.25) is 0 Å². The molecule has 1 aromatic carbocycles. The predicted octanol–water partition coefficient (Wildman–Crippen LogP) is 3.28. The van der Waals surface area contributed by atoms with Crippen molar-refractivity contribution in [2.24, 2.45) is 0 Å². The average Bonchev–Trinajstić information content (AvgIpc) is 2.77. The van der Waals surface area contributed by atoms with Gasteiger partial charge >= 0.3 is 0 Å². The fourth-order valence-electron chi connectivity index (χ4n) is 3.28. The van der Waals surface area contributed by atoms with Gasteiger partial charge in [-0.05, 0) is 31.7 Å². The van der Waals surface area contributed by atoms with Crippen LogP contribution in [0.1, 0.15) is 52.7 Å². The van der Waals surface area contributed by atoms with E-state index in [9.17, 15) is 9.59 Å². The minimum Gasteiger partial charge on any atom is -0.337 e. The summed E-state index contributed by atoms with van der Waals surface area (Å²) in [5.41, 5.74) is 1.36. The van der Waals surface area contributed by atoms with Gasteiger partial charge in [-0.1, -0.05) is 42.5 Å². The van der Waals surface area contributed by atoms with Gasteiger partial charge in [0.15, 0.2) is 11.4 Å². The number of benzene rings is 1. The Bertz CT molecular complexity index is 829. The Morgan fingerprint density at radius 1 is 1.04 bits per heavy atom. The van der Waals surface area contributed by atoms with Gasteiger partial charge in [-0.2, -0.15) is 0 Å². The van der Waals surface area contributed by atoms with Crippen LogP contribution >= 0.6 is 0 Å². The van der Waals surface area contributed by atoms with E-state index in [1.165, 1.54) is 12.4 Å². The molecule has 0 N–H and O–H groups in total. The molecule has 1 fully saturated rings. The molecule has 0 spiro atoms. The maximum Gasteiger partial charge on any atom is 0.275 e. The van der Waals surface area contributed by atoms with E-state index in [4.69, 9.17) is 0 Å². The van der Waals surface area contributed by atoms with Crippen LogP contribution in [0, 0.1) is 0 Å². The molecule has 6 heteroatoms. The summed E-state index contributed by atoms with van der Waals surface area (Å²) in [5, 5.41) is 0. The molecule has 1 aliphatic rings. The van der Waals surface area contributed by atoms with E-state index < -0.39 is 0 Å². The molecule has 0 unspecified atom stereocenters. The van der Waals surface area contributed by atoms with Gasteiger partial charge in [0.2, 0.25) is 0 Å². The predicted molar refractivity (Wildman–Crippen MR) is 109 cm³/mol. The van der Waals surface area contributed by atoms with Gasteiger partial charge in [0.25, 0.3) is 11.8 Å². The molecule has 3 rings (SSSR count). The van der Waals surface area contributed by atoms with Gasteiger partial charge in [0.05, 0.1) is 0 Å². The Morgan fingerprint density at radius 3 is 2.39 bits per heavy atom. The number of hydrogen-bond acceptors (Lipinski definition) is 4. The zero-order chi connectivity index (χ0) is 19.8. The molecule has 2 aromatic rings. The largest absolute Gasteiger partial charge is 0.337 e. The summed E-state index contributed by atoms with van der Waals surface area (Å²) in [6, 6.07) is 9.93. The molecule has 28 heavy (non-hydrogen) atoms. The highest BCUT2D eigenvalue weighted by atomic mass is 16.2. The monoisotopic (exact) mass is 378 g/mol. The number of likely N-dealkylation sites (tertiary alicyclic amines) is 1. The lowest BCUT2D eigenvalue weighted by molar-refractivity contribution is 0.0695. The van der Waals surface area contributed by atoms with Crippen LogP contribution in [-0.2, 0) is 0 Å². The van der Waals surface area contributed by atoms with E-state index in [1.54, 1.807) is 9.80 Å². The zero-order valence-corrected chi connectivity index (χ0v) is 16.3. The molecule has 6 nitrogen and oxygen atoms in total. The molecule has 1 aliphatic heterocycles. The van der Waals surface area contributed by atoms with E-state index >= 15 is 0 Å². The van der Waals surface area contributed by atoms with Gasteiger partial charge in [-0.3, -0.25) is 9.59 Å². The third-order valence-corrected chi connectivity index (χ3v) is 4.85. The minimum atomic E-state index is -0.270. The molecule has 146 valence electrons. The van der Waals surface area contributed by atoms with Crippen molar-refractivity contribution < 1.29 is 9.59 Å². The highest BCUT2D eigenvalue weighted by Gasteiger charge is 2.27. The maximum absolute atomic E-state index is 13.0. The van der Waals surface area contributed by atoms with Crippen molar-refractivity contribution in [3.05, 3.63) is 65.8 Å². The number of carbonyl (C=O) groups is 2. The molecule has 0 radical (unpaired) electrons. The average molecular weight is 378 g/mol. The summed E-state index contributed by atoms with van der Waals surface area (Å²) in [6.07, 6.45) is 9.97. The molecular weight excluding hydrogens is 352 g/mol. The summed E-state index contributed by atoms with van der Waals surface area (Å²) in [5.74, 6) is -0.472. The normalized spacial score (nSPS) is 14.2. The van der Waals surface area contributed by atoms with Crippen molar-refractivity contribution in [3.63, 3.8) is 0 Å². The van der Waals surface area contributed by atoms with Crippen molar-refractivity contribution >= 4 is 17.9 Å². The van der Waals surface area contributed by atoms with Gasteiger partial charge in [0, 0.05) is 38.6 Å². The lowest BCUT2D eigenvalue weighted by atomic mass is 10.1. The summed E-state index contributed by atoms with van der Waals surface area (Å²) in [7, 11) is 0. The Morgan fingerprint density at radius 2 is 1.71 bits per heavy atom. The lowest BCUT2D eigenvalue weighted by Crippen LogP contribution is -2.39. The maximum atomic E-state index is 13.0. The fraction of sp³-hybridized carbons (Fsp3) is 0.364. The first kappa shape index (κ1) is 19.7. The fourth-order valence-corrected chi connectivity index (χ4v) is 3.28. The molecule has 0 aliphatic carbocycles. The molecule has 0 bridgehead atoms. The van der Waals surface area contributed by atoms with Crippen LogP contribution in [0.25, 0.3) is 6.08 Å². The molecule has 1 saturated heterocycles. The van der Waals surface area contributed by atoms with Gasteiger partial charge in [0.1, 0.15) is 0 Å². The van der Waals surface area contributed by atoms with Gasteiger partial charge in [-0.15, -0.1) is 0 Å². The Kier molecular flexibility index (Phi) is 6.89. The Hall–Kier alpha value is -3.02. The number of aromatic nitrogens is 2. The van der Waals surface area contributed by atoms with Crippen LogP contribution in [0.3, 0.4) is 0 Å². The molecule has 1 aromatic heterocycles. The topological polar surface area (TPSA) is 66.4 Å². The number of hydrogen-bond donors (Lipinski definition) is 0. The second-order valence-electron chi connectivity index (χ2n) is 6.76. The molecule has 2 amide bonds. The first-order valence-electron chi connectivity index (χ1n) is 9.82. The second kappa shape index (κ2) is 9.78. The molecule has 2 heterocycles. The SMILES string of the molecule is CCN(C/C=C/c1ccccc1)C(=O)c1nccnc1C(=O)N1CCCCC1. The zero-order valence-electron chi connectivity index (χ0n) is 16.3. The van der Waals surface area contributed by atoms with Crippen molar-refractivity contribution in [2.75, 3.05) is 26.2 Å². The summed E-state index contributed by atoms with van der Waals surface area (Å²) in [6.45, 7) is 4.29. The van der Waals surface area contributed by atoms with E-state index in [2.05, 4.69) is 9.97 Å². The number of likely N-dealkylation sites (N-methyl/N-ethyl adjacent to an activating group) is 1. The molecule has 0 atom stereocenters. The quantitative estimate of drug-likeness (QED) is 0.774. The Labute approximate surface area is 165 Å². The highest BCUT2D eigenvalue weighted by Crippen LogP contribution is 2.15. The van der Waals surface area contributed by atoms with Crippen LogP contribution < -0.4 is 0 Å². The first-order valence-corrected chi connectivity index (χ1v) is 9.82. The lowest BCUT2D eigenvalue weighted by Gasteiger charge is -2.27. The first-order chi connectivity index (χ1) is 13.7. The standard InChI is InChI=1S/C22H26N4O2/c1-2-25(17-9-12-18-10-5-3-6-11-18)21(27)19-20(24-14-13-23-19)22(28)26-15-7-4-8-16-26/h3,5-6,9-14H,2,4,7-8,15-17H2,1H3/b12-9+. The van der Waals surface area contributed by atoms with Crippen LogP contribution in [-0.4, -0.2) is 57.8 Å². The third kappa shape index (κ3) is 4.82. The summed E-state index contributed by atoms with van der Waals surface area (Å²) >= 11 is 0. The van der Waals surface area contributed by atoms with Crippen molar-refractivity contribution in [1.82, 2.24) is 19.8 Å². The van der Waals surface area contributed by atoms with E-state index in [0.29, 0.717) is 26.2 Å². The number of nitrogens with zero attached hydrogens (tertiary/aromatic N) is 4. The number of carbonyl (C=O) groups excluding carboxylic acids is 2. The van der Waals surface area contributed by atoms with Crippen molar-refractivity contribution in [2.45, 2.75) is 26.2 Å². The smallest absolute Gasteiger partial charge is 0.275 e. The Balaban J connectivity index is 1.74. The highest BCUT2D eigenvalue weighted by molar-refractivity contribution is 6.04. The minimum absolute atomic E-state index is 0.132. The summed E-state index contributed by atoms with van der Waals surface area (Å²) in [4.78, 5) is 37.8. The van der Waals surface area contributed by atoms with E-state index in [1.807, 2.05) is 49.4 Å². The third-order valence-electron chi connectivity index (χ3n) is 4.85. The molecule has 0 saturated carbocycles. The van der Waals surface area contributed by atoms with E-state index in [0.717, 1.165) is 24.8 Å². The second-order valence-corrected chi connectivity index (χ2v) is 6.76.